The molecule has 0 saturated heterocycles. The maximum absolute atomic E-state index is 13.4. The van der Waals surface area contributed by atoms with Gasteiger partial charge in [0.05, 0.1) is 0 Å². The van der Waals surface area contributed by atoms with Gasteiger partial charge in [-0.15, -0.1) is 0 Å². The van der Waals surface area contributed by atoms with Crippen LogP contribution < -0.4 is 10.6 Å². The highest BCUT2D eigenvalue weighted by molar-refractivity contribution is 6.09. The van der Waals surface area contributed by atoms with Crippen LogP contribution in [-0.4, -0.2) is 17.1 Å². The number of para-hydroxylation sites is 1. The molecule has 0 atom stereocenters. The van der Waals surface area contributed by atoms with Gasteiger partial charge in [-0.25, -0.2) is 9.18 Å². The lowest BCUT2D eigenvalue weighted by molar-refractivity contribution is -0.0496. The lowest BCUT2D eigenvalue weighted by Gasteiger charge is -2.56. The van der Waals surface area contributed by atoms with Gasteiger partial charge in [0.2, 0.25) is 0 Å². The molecule has 36 heavy (non-hydrogen) atoms. The highest BCUT2D eigenvalue weighted by atomic mass is 19.1. The van der Waals surface area contributed by atoms with Gasteiger partial charge in [-0.3, -0.25) is 0 Å². The van der Waals surface area contributed by atoms with E-state index in [0.29, 0.717) is 12.0 Å². The minimum absolute atomic E-state index is 0.111. The molecular formula is C31H32FN3O. The van der Waals surface area contributed by atoms with Crippen molar-refractivity contribution in [2.24, 2.45) is 23.2 Å². The van der Waals surface area contributed by atoms with Gasteiger partial charge in [0.25, 0.3) is 0 Å². The van der Waals surface area contributed by atoms with Gasteiger partial charge in [-0.1, -0.05) is 30.3 Å². The predicted octanol–water partition coefficient (Wildman–Crippen LogP) is 7.32. The summed E-state index contributed by atoms with van der Waals surface area (Å²) in [4.78, 5) is 12.9. The first-order valence-electron chi connectivity index (χ1n) is 13.3. The first-order chi connectivity index (χ1) is 17.5. The van der Waals surface area contributed by atoms with Gasteiger partial charge in [0, 0.05) is 40.6 Å². The number of fused-ring (bicyclic) bond motifs is 3. The Bertz CT molecular complexity index is 1420. The van der Waals surface area contributed by atoms with Crippen LogP contribution in [0, 0.1) is 29.0 Å². The number of rotatable bonds is 5. The fourth-order valence-electron chi connectivity index (χ4n) is 8.02. The molecule has 4 aromatic rings. The van der Waals surface area contributed by atoms with Crippen molar-refractivity contribution in [2.45, 2.75) is 45.1 Å². The average molecular weight is 482 g/mol. The molecule has 5 heteroatoms. The van der Waals surface area contributed by atoms with E-state index >= 15 is 0 Å². The minimum Gasteiger partial charge on any atom is -0.337 e. The van der Waals surface area contributed by atoms with Gasteiger partial charge < -0.3 is 15.2 Å². The van der Waals surface area contributed by atoms with E-state index in [1.165, 1.54) is 50.7 Å². The second kappa shape index (κ2) is 8.36. The number of hydrogen-bond acceptors (Lipinski definition) is 1. The number of carbonyl (C=O) groups excluding carboxylic acids is 1. The summed E-state index contributed by atoms with van der Waals surface area (Å²) in [6, 6.07) is 21.0. The van der Waals surface area contributed by atoms with Crippen LogP contribution in [0.15, 0.2) is 66.7 Å². The fourth-order valence-corrected chi connectivity index (χ4v) is 8.02. The molecular weight excluding hydrogens is 449 g/mol. The third-order valence-electron chi connectivity index (χ3n) is 9.07. The van der Waals surface area contributed by atoms with Crippen molar-refractivity contribution in [1.29, 1.82) is 0 Å². The summed E-state index contributed by atoms with van der Waals surface area (Å²) in [5.74, 6) is 2.43. The zero-order chi connectivity index (χ0) is 24.3. The number of carbonyl (C=O) groups is 1. The van der Waals surface area contributed by atoms with Crippen molar-refractivity contribution in [3.63, 3.8) is 0 Å². The monoisotopic (exact) mass is 481 g/mol. The molecule has 4 saturated carbocycles. The molecule has 4 bridgehead atoms. The molecule has 4 fully saturated rings. The second-order valence-corrected chi connectivity index (χ2v) is 11.7. The number of nitrogens with zero attached hydrogens (tertiary/aromatic N) is 1. The maximum Gasteiger partial charge on any atom is 0.319 e. The number of halogens is 1. The summed E-state index contributed by atoms with van der Waals surface area (Å²) in [6.07, 6.45) is 8.12. The largest absolute Gasteiger partial charge is 0.337 e. The maximum atomic E-state index is 13.4. The van der Waals surface area contributed by atoms with Crippen molar-refractivity contribution < 1.29 is 9.18 Å². The van der Waals surface area contributed by atoms with Crippen molar-refractivity contribution in [2.75, 3.05) is 11.9 Å². The van der Waals surface area contributed by atoms with Crippen molar-refractivity contribution in [1.82, 2.24) is 9.88 Å². The van der Waals surface area contributed by atoms with Gasteiger partial charge in [0.15, 0.2) is 0 Å². The summed E-state index contributed by atoms with van der Waals surface area (Å²) in [7, 11) is 0. The van der Waals surface area contributed by atoms with E-state index in [1.807, 2.05) is 30.3 Å². The number of nitrogens with one attached hydrogen (secondary N) is 2. The van der Waals surface area contributed by atoms with E-state index in [0.717, 1.165) is 57.4 Å². The van der Waals surface area contributed by atoms with Crippen LogP contribution in [0.2, 0.25) is 0 Å². The van der Waals surface area contributed by atoms with Gasteiger partial charge in [-0.05, 0) is 104 Å². The number of benzene rings is 3. The highest BCUT2D eigenvalue weighted by Crippen LogP contribution is 2.59. The zero-order valence-corrected chi connectivity index (χ0v) is 20.5. The SMILES string of the molecule is O=C(NCC12CC3CC(CC(C3)C1)C2)Nc1ccc2c(c1)c1ccccc1n2Cc1ccc(F)cc1. The summed E-state index contributed by atoms with van der Waals surface area (Å²) >= 11 is 0. The Labute approximate surface area is 210 Å². The first-order valence-corrected chi connectivity index (χ1v) is 13.3. The number of amides is 2. The number of urea groups is 1. The summed E-state index contributed by atoms with van der Waals surface area (Å²) in [5.41, 5.74) is 4.39. The lowest BCUT2D eigenvalue weighted by atomic mass is 9.49. The smallest absolute Gasteiger partial charge is 0.319 e. The molecule has 184 valence electrons. The molecule has 0 radical (unpaired) electrons. The molecule has 3 aromatic carbocycles. The van der Waals surface area contributed by atoms with Crippen LogP contribution in [-0.2, 0) is 6.54 Å². The van der Waals surface area contributed by atoms with Gasteiger partial charge in [-0.2, -0.15) is 0 Å². The van der Waals surface area contributed by atoms with Gasteiger partial charge >= 0.3 is 6.03 Å². The van der Waals surface area contributed by atoms with Crippen molar-refractivity contribution >= 4 is 33.5 Å². The molecule has 4 aliphatic carbocycles. The zero-order valence-electron chi connectivity index (χ0n) is 20.5. The number of aromatic nitrogens is 1. The minimum atomic E-state index is -0.224. The molecule has 0 unspecified atom stereocenters. The molecule has 4 aliphatic rings. The van der Waals surface area contributed by atoms with Crippen LogP contribution in [0.5, 0.6) is 0 Å². The van der Waals surface area contributed by atoms with Crippen molar-refractivity contribution in [3.8, 4) is 0 Å². The van der Waals surface area contributed by atoms with E-state index < -0.39 is 0 Å². The summed E-state index contributed by atoms with van der Waals surface area (Å²) in [5, 5.41) is 8.57. The summed E-state index contributed by atoms with van der Waals surface area (Å²) < 4.78 is 15.7. The normalized spacial score (nSPS) is 26.5. The van der Waals surface area contributed by atoms with E-state index in [1.54, 1.807) is 0 Å². The van der Waals surface area contributed by atoms with Crippen molar-refractivity contribution in [3.05, 3.63) is 78.1 Å². The molecule has 4 nitrogen and oxygen atoms in total. The third-order valence-corrected chi connectivity index (χ3v) is 9.07. The van der Waals surface area contributed by atoms with Crippen LogP contribution in [0.1, 0.15) is 44.1 Å². The first kappa shape index (κ1) is 21.9. The van der Waals surface area contributed by atoms with E-state index in [-0.39, 0.29) is 11.8 Å². The Morgan fingerprint density at radius 1 is 0.861 bits per heavy atom. The Hall–Kier alpha value is -3.34. The van der Waals surface area contributed by atoms with E-state index in [4.69, 9.17) is 0 Å². The second-order valence-electron chi connectivity index (χ2n) is 11.7. The third kappa shape index (κ3) is 3.85. The average Bonchev–Trinajstić information content (AvgIpc) is 3.16. The molecule has 0 aliphatic heterocycles. The topological polar surface area (TPSA) is 46.1 Å². The van der Waals surface area contributed by atoms with Crippen LogP contribution >= 0.6 is 0 Å². The molecule has 2 N–H and O–H groups in total. The quantitative estimate of drug-likeness (QED) is 0.308. The lowest BCUT2D eigenvalue weighted by Crippen LogP contribution is -2.51. The highest BCUT2D eigenvalue weighted by Gasteiger charge is 2.50. The van der Waals surface area contributed by atoms with E-state index in [2.05, 4.69) is 39.5 Å². The number of hydrogen-bond donors (Lipinski definition) is 2. The molecule has 1 heterocycles. The predicted molar refractivity (Wildman–Crippen MR) is 143 cm³/mol. The Morgan fingerprint density at radius 3 is 2.25 bits per heavy atom. The summed E-state index contributed by atoms with van der Waals surface area (Å²) in [6.45, 7) is 1.45. The fraction of sp³-hybridized carbons (Fsp3) is 0.387. The molecule has 0 spiro atoms. The molecule has 8 rings (SSSR count). The van der Waals surface area contributed by atoms with Crippen LogP contribution in [0.3, 0.4) is 0 Å². The Balaban J connectivity index is 1.11. The van der Waals surface area contributed by atoms with Crippen LogP contribution in [0.25, 0.3) is 21.8 Å². The standard InChI is InChI=1S/C31H32FN3O/c32-24-7-5-20(6-8-24)18-35-28-4-2-1-3-26(28)27-14-25(9-10-29(27)35)34-30(36)33-19-31-15-21-11-22(16-31)13-23(12-21)17-31/h1-10,14,21-23H,11-13,15-19H2,(H2,33,34,36). The van der Waals surface area contributed by atoms with E-state index in [9.17, 15) is 9.18 Å². The molecule has 2 amide bonds. The Kier molecular flexibility index (Phi) is 5.09. The Morgan fingerprint density at radius 2 is 1.53 bits per heavy atom. The van der Waals surface area contributed by atoms with Crippen LogP contribution in [0.4, 0.5) is 14.9 Å². The molecule has 1 aromatic heterocycles. The van der Waals surface area contributed by atoms with Gasteiger partial charge in [0.1, 0.15) is 5.82 Å². The number of anilines is 1.